The maximum atomic E-state index is 14.2. The first-order valence-electron chi connectivity index (χ1n) is 17.8. The lowest BCUT2D eigenvalue weighted by atomic mass is 9.32. The molecule has 0 radical (unpaired) electrons. The van der Waals surface area contributed by atoms with E-state index in [1.165, 1.54) is 12.5 Å². The molecule has 0 spiro atoms. The van der Waals surface area contributed by atoms with Crippen LogP contribution in [-0.2, 0) is 20.3 Å². The fourth-order valence-electron chi connectivity index (χ4n) is 12.4. The van der Waals surface area contributed by atoms with Crippen molar-refractivity contribution < 1.29 is 26.9 Å². The van der Waals surface area contributed by atoms with Crippen molar-refractivity contribution >= 4 is 22.1 Å². The van der Waals surface area contributed by atoms with Gasteiger partial charge in [0.2, 0.25) is 0 Å². The monoisotopic (exact) mass is 672 g/mol. The van der Waals surface area contributed by atoms with E-state index >= 15 is 0 Å². The van der Waals surface area contributed by atoms with Gasteiger partial charge in [0.1, 0.15) is 12.4 Å². The van der Waals surface area contributed by atoms with E-state index in [2.05, 4.69) is 48.1 Å². The SMILES string of the molecule is C=C(C)[C@@H]1CC[C@]2(C(=O)OCc3ccccc3)CC[C@]3(C)[C@H](CC[C@@H]4C5(C)CC=C(O/S(=C/C)C(F)(F)F)C(C)(C)[C@@H]5CC[C@]43C)[C@@H]12. The van der Waals surface area contributed by atoms with Crippen LogP contribution in [0.1, 0.15) is 112 Å². The van der Waals surface area contributed by atoms with Crippen molar-refractivity contribution in [2.75, 3.05) is 0 Å². The van der Waals surface area contributed by atoms with Crippen LogP contribution in [0, 0.1) is 56.7 Å². The van der Waals surface area contributed by atoms with E-state index in [0.717, 1.165) is 68.7 Å². The van der Waals surface area contributed by atoms with Gasteiger partial charge in [0.15, 0.2) is 0 Å². The summed E-state index contributed by atoms with van der Waals surface area (Å²) in [6, 6.07) is 9.97. The average molecular weight is 673 g/mol. The molecule has 7 heteroatoms. The van der Waals surface area contributed by atoms with Crippen LogP contribution in [0.3, 0.4) is 0 Å². The van der Waals surface area contributed by atoms with Gasteiger partial charge in [0.05, 0.1) is 16.2 Å². The van der Waals surface area contributed by atoms with E-state index in [9.17, 15) is 18.0 Å². The quantitative estimate of drug-likeness (QED) is 0.171. The van der Waals surface area contributed by atoms with E-state index < -0.39 is 27.1 Å². The van der Waals surface area contributed by atoms with Crippen LogP contribution < -0.4 is 0 Å². The number of hydrogen-bond acceptors (Lipinski definition) is 3. The minimum absolute atomic E-state index is 0.0195. The maximum absolute atomic E-state index is 14.2. The van der Waals surface area contributed by atoms with E-state index in [4.69, 9.17) is 8.92 Å². The number of fused-ring (bicyclic) bond motifs is 7. The number of esters is 1. The number of carbonyl (C=O) groups is 1. The predicted molar refractivity (Wildman–Crippen MR) is 185 cm³/mol. The zero-order valence-corrected chi connectivity index (χ0v) is 30.3. The summed E-state index contributed by atoms with van der Waals surface area (Å²) in [5.41, 5.74) is -3.11. The van der Waals surface area contributed by atoms with Crippen molar-refractivity contribution in [3.8, 4) is 0 Å². The van der Waals surface area contributed by atoms with E-state index in [1.807, 2.05) is 36.4 Å². The Kier molecular flexibility index (Phi) is 8.74. The average Bonchev–Trinajstić information content (AvgIpc) is 3.41. The number of carbonyl (C=O) groups excluding carboxylic acids is 1. The van der Waals surface area contributed by atoms with Gasteiger partial charge < -0.3 is 8.92 Å². The molecule has 10 atom stereocenters. The number of hydrogen-bond donors (Lipinski definition) is 0. The summed E-state index contributed by atoms with van der Waals surface area (Å²) >= 11 is 0. The minimum atomic E-state index is -4.41. The molecule has 260 valence electrons. The highest BCUT2D eigenvalue weighted by molar-refractivity contribution is 8.11. The van der Waals surface area contributed by atoms with Gasteiger partial charge in [0, 0.05) is 5.41 Å². The summed E-state index contributed by atoms with van der Waals surface area (Å²) in [5.74, 6) is 2.08. The summed E-state index contributed by atoms with van der Waals surface area (Å²) in [6.07, 6.45) is 10.6. The van der Waals surface area contributed by atoms with Crippen LogP contribution in [0.5, 0.6) is 0 Å². The first-order valence-corrected chi connectivity index (χ1v) is 19.0. The number of allylic oxidation sites excluding steroid dienone is 3. The number of benzene rings is 1. The Morgan fingerprint density at radius 3 is 2.30 bits per heavy atom. The second kappa shape index (κ2) is 11.8. The van der Waals surface area contributed by atoms with Gasteiger partial charge in [-0.15, -0.1) is 0 Å². The molecule has 0 amide bonds. The van der Waals surface area contributed by atoms with E-state index in [0.29, 0.717) is 30.1 Å². The lowest BCUT2D eigenvalue weighted by molar-refractivity contribution is -0.232. The predicted octanol–water partition coefficient (Wildman–Crippen LogP) is 11.4. The smallest absolute Gasteiger partial charge is 0.460 e. The van der Waals surface area contributed by atoms with Crippen LogP contribution in [0.25, 0.3) is 0 Å². The molecule has 1 aromatic rings. The van der Waals surface area contributed by atoms with Crippen molar-refractivity contribution in [3.05, 3.63) is 59.9 Å². The van der Waals surface area contributed by atoms with Crippen molar-refractivity contribution in [1.29, 1.82) is 0 Å². The second-order valence-corrected chi connectivity index (χ2v) is 18.7. The Hall–Kier alpha value is -2.02. The normalized spacial score (nSPS) is 41.4. The third-order valence-electron chi connectivity index (χ3n) is 14.8. The molecule has 6 rings (SSSR count). The Morgan fingerprint density at radius 2 is 1.66 bits per heavy atom. The molecule has 0 aliphatic heterocycles. The molecule has 0 bridgehead atoms. The molecule has 0 aromatic heterocycles. The number of halogens is 3. The summed E-state index contributed by atoms with van der Waals surface area (Å²) < 4.78 is 53.3. The van der Waals surface area contributed by atoms with Gasteiger partial charge in [-0.3, -0.25) is 4.79 Å². The van der Waals surface area contributed by atoms with Crippen LogP contribution in [0.4, 0.5) is 13.2 Å². The number of rotatable bonds is 6. The topological polar surface area (TPSA) is 35.5 Å². The highest BCUT2D eigenvalue weighted by Crippen LogP contribution is 2.77. The number of alkyl halides is 3. The molecule has 3 nitrogen and oxygen atoms in total. The molecule has 5 aliphatic carbocycles. The van der Waals surface area contributed by atoms with Crippen LogP contribution >= 0.6 is 10.8 Å². The minimum Gasteiger partial charge on any atom is -0.460 e. The van der Waals surface area contributed by atoms with Crippen LogP contribution in [-0.4, -0.2) is 16.8 Å². The number of ether oxygens (including phenoxy) is 1. The van der Waals surface area contributed by atoms with Crippen molar-refractivity contribution in [2.45, 2.75) is 118 Å². The highest BCUT2D eigenvalue weighted by atomic mass is 32.2. The van der Waals surface area contributed by atoms with Gasteiger partial charge in [0.25, 0.3) is 0 Å². The molecule has 4 fully saturated rings. The molecular weight excluding hydrogens is 617 g/mol. The van der Waals surface area contributed by atoms with Gasteiger partial charge in [-0.25, -0.2) is 0 Å². The Labute approximate surface area is 283 Å². The molecule has 5 aliphatic rings. The highest BCUT2D eigenvalue weighted by Gasteiger charge is 2.72. The fourth-order valence-corrected chi connectivity index (χ4v) is 13.3. The van der Waals surface area contributed by atoms with Crippen LogP contribution in [0.2, 0.25) is 0 Å². The molecule has 0 N–H and O–H groups in total. The second-order valence-electron chi connectivity index (χ2n) is 17.0. The molecule has 1 aromatic carbocycles. The first-order chi connectivity index (χ1) is 22.0. The Bertz CT molecular complexity index is 1460. The van der Waals surface area contributed by atoms with E-state index in [1.54, 1.807) is 0 Å². The van der Waals surface area contributed by atoms with Gasteiger partial charge in [-0.05, 0) is 134 Å². The molecular formula is C40H55F3O3S. The molecule has 47 heavy (non-hydrogen) atoms. The van der Waals surface area contributed by atoms with Gasteiger partial charge in [-0.2, -0.15) is 13.2 Å². The van der Waals surface area contributed by atoms with Crippen molar-refractivity contribution in [3.63, 3.8) is 0 Å². The summed E-state index contributed by atoms with van der Waals surface area (Å²) in [5, 5.41) is 1.15. The third-order valence-corrected chi connectivity index (χ3v) is 16.1. The van der Waals surface area contributed by atoms with E-state index in [-0.39, 0.29) is 34.1 Å². The van der Waals surface area contributed by atoms with Crippen molar-refractivity contribution in [2.24, 2.45) is 56.7 Å². The largest absolute Gasteiger partial charge is 0.470 e. The lowest BCUT2D eigenvalue weighted by Crippen LogP contribution is -2.66. The molecule has 0 heterocycles. The zero-order chi connectivity index (χ0) is 34.2. The zero-order valence-electron chi connectivity index (χ0n) is 29.5. The summed E-state index contributed by atoms with van der Waals surface area (Å²) in [4.78, 5) is 14.2. The van der Waals surface area contributed by atoms with Gasteiger partial charge in [-0.1, -0.05) is 77.1 Å². The lowest BCUT2D eigenvalue weighted by Gasteiger charge is -2.72. The first kappa shape index (κ1) is 34.8. The maximum Gasteiger partial charge on any atom is 0.470 e. The Balaban J connectivity index is 1.31. The summed E-state index contributed by atoms with van der Waals surface area (Å²) in [7, 11) is -2.22. The molecule has 2 unspecified atom stereocenters. The fraction of sp³-hybridized carbons (Fsp3) is 0.700. The molecule has 4 saturated carbocycles. The van der Waals surface area contributed by atoms with Gasteiger partial charge >= 0.3 is 11.5 Å². The molecule has 0 saturated heterocycles. The Morgan fingerprint density at radius 1 is 0.957 bits per heavy atom. The van der Waals surface area contributed by atoms with Crippen LogP contribution in [0.15, 0.2) is 54.3 Å². The standard InChI is InChI=1S/C40H55F3O3S/c1-9-47(40(41,42)43)46-32-19-20-36(6)30(35(32,4)5)18-21-38(8)31(36)16-15-29-33-28(26(2)3)17-22-39(33,24-23-37(29,38)7)34(44)45-25-27-13-11-10-12-14-27/h9-14,19,28-31,33H,2,15-18,20-25H2,1,3-8H3/t28-,29+,30-,31+,33+,36?,37+,38+,39-,47?/m0/s1. The third kappa shape index (κ3) is 5.21. The van der Waals surface area contributed by atoms with Crippen molar-refractivity contribution in [1.82, 2.24) is 0 Å². The summed E-state index contributed by atoms with van der Waals surface area (Å²) in [6.45, 7) is 20.1.